The third-order valence-electron chi connectivity index (χ3n) is 2.40. The van der Waals surface area contributed by atoms with Crippen molar-refractivity contribution in [3.05, 3.63) is 36.0 Å². The van der Waals surface area contributed by atoms with Crippen molar-refractivity contribution < 1.29 is 9.94 Å². The van der Waals surface area contributed by atoms with Crippen LogP contribution in [0, 0.1) is 0 Å². The van der Waals surface area contributed by atoms with Crippen LogP contribution >= 0.6 is 0 Å². The first-order chi connectivity index (χ1) is 8.27. The molecule has 1 aromatic carbocycles. The molecule has 1 heterocycles. The Hall–Kier alpha value is -2.30. The van der Waals surface area contributed by atoms with Crippen LogP contribution < -0.4 is 10.5 Å². The molecular formula is C12H13N3O2. The minimum atomic E-state index is -0.00768. The van der Waals surface area contributed by atoms with Crippen LogP contribution in [-0.2, 0) is 0 Å². The van der Waals surface area contributed by atoms with E-state index < -0.39 is 0 Å². The monoisotopic (exact) mass is 231 g/mol. The van der Waals surface area contributed by atoms with E-state index in [1.165, 1.54) is 0 Å². The summed E-state index contributed by atoms with van der Waals surface area (Å²) in [5.41, 5.74) is 6.90. The number of nitrogens with zero attached hydrogens (tertiary/aromatic N) is 2. The van der Waals surface area contributed by atoms with Gasteiger partial charge in [-0.25, -0.2) is 0 Å². The Kier molecular flexibility index (Phi) is 3.09. The third kappa shape index (κ3) is 1.99. The van der Waals surface area contributed by atoms with E-state index in [4.69, 9.17) is 15.7 Å². The first-order valence-electron chi connectivity index (χ1n) is 5.26. The van der Waals surface area contributed by atoms with Crippen LogP contribution in [0.15, 0.2) is 35.6 Å². The Balaban J connectivity index is 2.72. The van der Waals surface area contributed by atoms with Crippen molar-refractivity contribution >= 4 is 16.7 Å². The molecule has 17 heavy (non-hydrogen) atoms. The number of hydrogen-bond acceptors (Lipinski definition) is 4. The standard InChI is InChI=1S/C12H13N3O2/c1-2-17-11-8-5-3-4-6-10(8)14-7-9(11)12(13)15-16/h3-7,16H,2H2,1H3,(H2,13,15). The van der Waals surface area contributed by atoms with Crippen LogP contribution in [0.2, 0.25) is 0 Å². The Morgan fingerprint density at radius 1 is 1.47 bits per heavy atom. The molecule has 0 aliphatic heterocycles. The minimum absolute atomic E-state index is 0.00768. The molecule has 0 bridgehead atoms. The average Bonchev–Trinajstić information content (AvgIpc) is 2.38. The van der Waals surface area contributed by atoms with Crippen molar-refractivity contribution in [3.63, 3.8) is 0 Å². The van der Waals surface area contributed by atoms with Gasteiger partial charge in [-0.2, -0.15) is 0 Å². The molecule has 0 saturated carbocycles. The van der Waals surface area contributed by atoms with Gasteiger partial charge in [0, 0.05) is 11.6 Å². The molecule has 5 heteroatoms. The van der Waals surface area contributed by atoms with Crippen LogP contribution in [0.25, 0.3) is 10.9 Å². The second-order valence-corrected chi connectivity index (χ2v) is 3.44. The largest absolute Gasteiger partial charge is 0.492 e. The predicted octanol–water partition coefficient (Wildman–Crippen LogP) is 1.73. The molecule has 88 valence electrons. The molecule has 2 aromatic rings. The lowest BCUT2D eigenvalue weighted by Crippen LogP contribution is -2.15. The maximum atomic E-state index is 8.73. The van der Waals surface area contributed by atoms with Crippen molar-refractivity contribution in [2.45, 2.75) is 6.92 Å². The van der Waals surface area contributed by atoms with Gasteiger partial charge in [0.1, 0.15) is 5.75 Å². The van der Waals surface area contributed by atoms with Gasteiger partial charge in [-0.15, -0.1) is 0 Å². The molecule has 0 fully saturated rings. The van der Waals surface area contributed by atoms with Crippen molar-refractivity contribution in [1.29, 1.82) is 0 Å². The summed E-state index contributed by atoms with van der Waals surface area (Å²) >= 11 is 0. The predicted molar refractivity (Wildman–Crippen MR) is 65.4 cm³/mol. The number of pyridine rings is 1. The Morgan fingerprint density at radius 2 is 2.24 bits per heavy atom. The number of aromatic nitrogens is 1. The molecule has 3 N–H and O–H groups in total. The SMILES string of the molecule is CCOc1c(/C(N)=N/O)cnc2ccccc12. The number of benzene rings is 1. The van der Waals surface area contributed by atoms with Gasteiger partial charge in [0.15, 0.2) is 5.84 Å². The highest BCUT2D eigenvalue weighted by molar-refractivity contribution is 6.04. The van der Waals surface area contributed by atoms with E-state index in [2.05, 4.69) is 10.1 Å². The highest BCUT2D eigenvalue weighted by atomic mass is 16.5. The number of amidine groups is 1. The van der Waals surface area contributed by atoms with E-state index in [0.29, 0.717) is 17.9 Å². The lowest BCUT2D eigenvalue weighted by atomic mass is 10.1. The topological polar surface area (TPSA) is 80.7 Å². The molecule has 0 radical (unpaired) electrons. The Bertz CT molecular complexity index is 567. The average molecular weight is 231 g/mol. The zero-order chi connectivity index (χ0) is 12.3. The number of para-hydroxylation sites is 1. The minimum Gasteiger partial charge on any atom is -0.492 e. The maximum absolute atomic E-state index is 8.73. The molecule has 1 aromatic heterocycles. The summed E-state index contributed by atoms with van der Waals surface area (Å²) in [6.07, 6.45) is 1.54. The van der Waals surface area contributed by atoms with Gasteiger partial charge in [0.2, 0.25) is 0 Å². The lowest BCUT2D eigenvalue weighted by Gasteiger charge is -2.11. The van der Waals surface area contributed by atoms with Crippen LogP contribution in [-0.4, -0.2) is 22.6 Å². The van der Waals surface area contributed by atoms with Crippen molar-refractivity contribution in [1.82, 2.24) is 4.98 Å². The van der Waals surface area contributed by atoms with Crippen LogP contribution in [0.4, 0.5) is 0 Å². The summed E-state index contributed by atoms with van der Waals surface area (Å²) in [7, 11) is 0. The van der Waals surface area contributed by atoms with E-state index >= 15 is 0 Å². The second kappa shape index (κ2) is 4.69. The van der Waals surface area contributed by atoms with E-state index in [-0.39, 0.29) is 5.84 Å². The van der Waals surface area contributed by atoms with Crippen LogP contribution in [0.5, 0.6) is 5.75 Å². The summed E-state index contributed by atoms with van der Waals surface area (Å²) in [5.74, 6) is 0.583. The molecule has 0 saturated heterocycles. The van der Waals surface area contributed by atoms with Gasteiger partial charge in [0.05, 0.1) is 17.7 Å². The molecule has 0 atom stereocenters. The number of hydrogen-bond donors (Lipinski definition) is 2. The Morgan fingerprint density at radius 3 is 2.94 bits per heavy atom. The van der Waals surface area contributed by atoms with Crippen LogP contribution in [0.1, 0.15) is 12.5 Å². The van der Waals surface area contributed by atoms with Crippen LogP contribution in [0.3, 0.4) is 0 Å². The highest BCUT2D eigenvalue weighted by Crippen LogP contribution is 2.28. The number of fused-ring (bicyclic) bond motifs is 1. The summed E-state index contributed by atoms with van der Waals surface area (Å²) in [6.45, 7) is 2.38. The normalized spacial score (nSPS) is 11.7. The number of oxime groups is 1. The van der Waals surface area contributed by atoms with Gasteiger partial charge in [-0.1, -0.05) is 17.3 Å². The quantitative estimate of drug-likeness (QED) is 0.365. The van der Waals surface area contributed by atoms with Crippen molar-refractivity contribution in [3.8, 4) is 5.75 Å². The number of nitrogens with two attached hydrogens (primary N) is 1. The fourth-order valence-electron chi connectivity index (χ4n) is 1.65. The molecule has 0 aliphatic rings. The second-order valence-electron chi connectivity index (χ2n) is 3.44. The lowest BCUT2D eigenvalue weighted by molar-refractivity contribution is 0.317. The molecule has 0 unspecified atom stereocenters. The van der Waals surface area contributed by atoms with E-state index in [0.717, 1.165) is 10.9 Å². The molecule has 0 aliphatic carbocycles. The fraction of sp³-hybridized carbons (Fsp3) is 0.167. The van der Waals surface area contributed by atoms with Gasteiger partial charge in [-0.05, 0) is 19.1 Å². The van der Waals surface area contributed by atoms with E-state index in [1.807, 2.05) is 31.2 Å². The van der Waals surface area contributed by atoms with Gasteiger partial charge in [-0.3, -0.25) is 4.98 Å². The molecule has 2 rings (SSSR count). The van der Waals surface area contributed by atoms with Crippen molar-refractivity contribution in [2.24, 2.45) is 10.9 Å². The first kappa shape index (κ1) is 11.2. The third-order valence-corrected chi connectivity index (χ3v) is 2.40. The summed E-state index contributed by atoms with van der Waals surface area (Å²) in [6, 6.07) is 7.56. The summed E-state index contributed by atoms with van der Waals surface area (Å²) in [5, 5.41) is 12.6. The molecule has 5 nitrogen and oxygen atoms in total. The highest BCUT2D eigenvalue weighted by Gasteiger charge is 2.12. The zero-order valence-corrected chi connectivity index (χ0v) is 9.42. The van der Waals surface area contributed by atoms with Gasteiger partial charge >= 0.3 is 0 Å². The number of ether oxygens (including phenoxy) is 1. The van der Waals surface area contributed by atoms with Crippen molar-refractivity contribution in [2.75, 3.05) is 6.61 Å². The van der Waals surface area contributed by atoms with E-state index in [1.54, 1.807) is 6.20 Å². The fourth-order valence-corrected chi connectivity index (χ4v) is 1.65. The molecular weight excluding hydrogens is 218 g/mol. The maximum Gasteiger partial charge on any atom is 0.175 e. The molecule has 0 amide bonds. The zero-order valence-electron chi connectivity index (χ0n) is 9.42. The number of rotatable bonds is 3. The van der Waals surface area contributed by atoms with E-state index in [9.17, 15) is 0 Å². The molecule has 0 spiro atoms. The van der Waals surface area contributed by atoms with Gasteiger partial charge < -0.3 is 15.7 Å². The summed E-state index contributed by atoms with van der Waals surface area (Å²) in [4.78, 5) is 4.24. The van der Waals surface area contributed by atoms with Gasteiger partial charge in [0.25, 0.3) is 0 Å². The smallest absolute Gasteiger partial charge is 0.175 e. The summed E-state index contributed by atoms with van der Waals surface area (Å²) < 4.78 is 5.56. The first-order valence-corrected chi connectivity index (χ1v) is 5.26. The Labute approximate surface area is 98.5 Å².